The number of halogens is 3. The molecule has 0 saturated carbocycles. The van der Waals surface area contributed by atoms with Crippen LogP contribution in [0.5, 0.6) is 5.75 Å². The van der Waals surface area contributed by atoms with Crippen LogP contribution in [0.25, 0.3) is 0 Å². The van der Waals surface area contributed by atoms with Crippen molar-refractivity contribution in [1.29, 1.82) is 0 Å². The fourth-order valence-electron chi connectivity index (χ4n) is 4.00. The zero-order chi connectivity index (χ0) is 27.8. The molecule has 8 heteroatoms. The van der Waals surface area contributed by atoms with E-state index < -0.39 is 6.04 Å². The predicted octanol–water partition coefficient (Wildman–Crippen LogP) is 7.42. The number of amides is 2. The summed E-state index contributed by atoms with van der Waals surface area (Å²) < 4.78 is 6.70. The standard InChI is InChI=1S/C30H33BrCl2N2O3/c1-19(2)22-13-14-28(24(31)16-22)38-18-29(36)35(17-23-25(32)11-8-12-26(23)33)27(30(37)34-20(3)4)15-21-9-6-5-7-10-21/h5-14,16,19-20,27H,15,17-18H2,1-4H3,(H,34,37)/t27-/m1/s1. The summed E-state index contributed by atoms with van der Waals surface area (Å²) >= 11 is 16.5. The van der Waals surface area contributed by atoms with Gasteiger partial charge in [-0.2, -0.15) is 0 Å². The fraction of sp³-hybridized carbons (Fsp3) is 0.333. The van der Waals surface area contributed by atoms with Crippen molar-refractivity contribution in [3.05, 3.63) is 97.9 Å². The minimum absolute atomic E-state index is 0.0528. The molecule has 0 unspecified atom stereocenters. The normalized spacial score (nSPS) is 11.9. The first-order valence-electron chi connectivity index (χ1n) is 12.6. The third kappa shape index (κ3) is 8.23. The van der Waals surface area contributed by atoms with Gasteiger partial charge in [-0.15, -0.1) is 0 Å². The van der Waals surface area contributed by atoms with E-state index >= 15 is 0 Å². The zero-order valence-electron chi connectivity index (χ0n) is 22.0. The number of hydrogen-bond donors (Lipinski definition) is 1. The van der Waals surface area contributed by atoms with Gasteiger partial charge in [-0.05, 0) is 71.1 Å². The van der Waals surface area contributed by atoms with Crippen molar-refractivity contribution in [3.63, 3.8) is 0 Å². The molecule has 3 aromatic carbocycles. The van der Waals surface area contributed by atoms with Crippen molar-refractivity contribution >= 4 is 50.9 Å². The molecule has 0 fully saturated rings. The van der Waals surface area contributed by atoms with Gasteiger partial charge in [0.05, 0.1) is 4.47 Å². The van der Waals surface area contributed by atoms with E-state index in [1.807, 2.05) is 62.4 Å². The third-order valence-corrected chi connectivity index (χ3v) is 7.39. The maximum absolute atomic E-state index is 13.8. The molecule has 0 spiro atoms. The van der Waals surface area contributed by atoms with Gasteiger partial charge < -0.3 is 15.0 Å². The van der Waals surface area contributed by atoms with Crippen molar-refractivity contribution in [2.45, 2.75) is 58.7 Å². The monoisotopic (exact) mass is 618 g/mol. The molecular weight excluding hydrogens is 587 g/mol. The average molecular weight is 620 g/mol. The highest BCUT2D eigenvalue weighted by molar-refractivity contribution is 9.10. The molecule has 0 aliphatic carbocycles. The second kappa shape index (κ2) is 14.0. The van der Waals surface area contributed by atoms with E-state index in [0.717, 1.165) is 15.6 Å². The van der Waals surface area contributed by atoms with Gasteiger partial charge in [-0.1, -0.05) is 79.5 Å². The molecule has 0 aromatic heterocycles. The summed E-state index contributed by atoms with van der Waals surface area (Å²) in [4.78, 5) is 28.8. The van der Waals surface area contributed by atoms with Crippen molar-refractivity contribution in [1.82, 2.24) is 10.2 Å². The molecular formula is C30H33BrCl2N2O3. The first-order chi connectivity index (χ1) is 18.1. The van der Waals surface area contributed by atoms with Crippen molar-refractivity contribution in [3.8, 4) is 5.75 Å². The number of hydrogen-bond acceptors (Lipinski definition) is 3. The molecule has 3 aromatic rings. The summed E-state index contributed by atoms with van der Waals surface area (Å²) in [6, 6.07) is 19.7. The number of carbonyl (C=O) groups is 2. The Labute approximate surface area is 243 Å². The molecule has 0 aliphatic rings. The lowest BCUT2D eigenvalue weighted by atomic mass is 10.0. The van der Waals surface area contributed by atoms with Crippen LogP contribution in [0.2, 0.25) is 10.0 Å². The van der Waals surface area contributed by atoms with Crippen LogP contribution >= 0.6 is 39.1 Å². The van der Waals surface area contributed by atoms with Crippen LogP contribution in [0.1, 0.15) is 50.3 Å². The molecule has 0 saturated heterocycles. The summed E-state index contributed by atoms with van der Waals surface area (Å²) in [5.74, 6) is 0.282. The molecule has 0 heterocycles. The van der Waals surface area contributed by atoms with Crippen LogP contribution in [0, 0.1) is 0 Å². The van der Waals surface area contributed by atoms with E-state index in [4.69, 9.17) is 27.9 Å². The second-order valence-corrected chi connectivity index (χ2v) is 11.4. The highest BCUT2D eigenvalue weighted by Crippen LogP contribution is 2.30. The zero-order valence-corrected chi connectivity index (χ0v) is 25.1. The van der Waals surface area contributed by atoms with E-state index in [9.17, 15) is 9.59 Å². The molecule has 3 rings (SSSR count). The Kier molecular flexibility index (Phi) is 11.1. The number of carbonyl (C=O) groups excluding carboxylic acids is 2. The van der Waals surface area contributed by atoms with Gasteiger partial charge in [0.15, 0.2) is 6.61 Å². The summed E-state index contributed by atoms with van der Waals surface area (Å²) in [6.45, 7) is 7.78. The Morgan fingerprint density at radius 3 is 2.18 bits per heavy atom. The fourth-order valence-corrected chi connectivity index (χ4v) is 5.03. The molecule has 1 N–H and O–H groups in total. The first-order valence-corrected chi connectivity index (χ1v) is 14.1. The maximum atomic E-state index is 13.8. The van der Waals surface area contributed by atoms with Crippen molar-refractivity contribution < 1.29 is 14.3 Å². The Morgan fingerprint density at radius 1 is 0.947 bits per heavy atom. The van der Waals surface area contributed by atoms with E-state index in [1.165, 1.54) is 4.90 Å². The minimum atomic E-state index is -0.810. The van der Waals surface area contributed by atoms with E-state index in [0.29, 0.717) is 33.7 Å². The van der Waals surface area contributed by atoms with Crippen molar-refractivity contribution in [2.75, 3.05) is 6.61 Å². The molecule has 2 amide bonds. The van der Waals surface area contributed by atoms with Gasteiger partial charge in [0, 0.05) is 34.6 Å². The van der Waals surface area contributed by atoms with E-state index in [-0.39, 0.29) is 31.0 Å². The Bertz CT molecular complexity index is 1230. The summed E-state index contributed by atoms with van der Waals surface area (Å²) in [5.41, 5.74) is 2.65. The van der Waals surface area contributed by atoms with Crippen LogP contribution < -0.4 is 10.1 Å². The van der Waals surface area contributed by atoms with Gasteiger partial charge in [-0.3, -0.25) is 9.59 Å². The minimum Gasteiger partial charge on any atom is -0.483 e. The Balaban J connectivity index is 1.95. The van der Waals surface area contributed by atoms with Gasteiger partial charge in [0.25, 0.3) is 5.91 Å². The topological polar surface area (TPSA) is 58.6 Å². The lowest BCUT2D eigenvalue weighted by Crippen LogP contribution is -2.52. The average Bonchev–Trinajstić information content (AvgIpc) is 2.86. The molecule has 202 valence electrons. The summed E-state index contributed by atoms with van der Waals surface area (Å²) in [5, 5.41) is 3.81. The first kappa shape index (κ1) is 30.0. The van der Waals surface area contributed by atoms with Gasteiger partial charge in [-0.25, -0.2) is 0 Å². The number of nitrogens with zero attached hydrogens (tertiary/aromatic N) is 1. The molecule has 0 aliphatic heterocycles. The molecule has 5 nitrogen and oxygen atoms in total. The highest BCUT2D eigenvalue weighted by Gasteiger charge is 2.32. The van der Waals surface area contributed by atoms with Crippen LogP contribution in [0.3, 0.4) is 0 Å². The number of nitrogens with one attached hydrogen (secondary N) is 1. The highest BCUT2D eigenvalue weighted by atomic mass is 79.9. The van der Waals surface area contributed by atoms with Crippen molar-refractivity contribution in [2.24, 2.45) is 0 Å². The lowest BCUT2D eigenvalue weighted by molar-refractivity contribution is -0.143. The molecule has 38 heavy (non-hydrogen) atoms. The van der Waals surface area contributed by atoms with Gasteiger partial charge >= 0.3 is 0 Å². The predicted molar refractivity (Wildman–Crippen MR) is 158 cm³/mol. The number of rotatable bonds is 11. The van der Waals surface area contributed by atoms with Gasteiger partial charge in [0.2, 0.25) is 5.91 Å². The summed E-state index contributed by atoms with van der Waals surface area (Å²) in [6.07, 6.45) is 0.319. The maximum Gasteiger partial charge on any atom is 0.261 e. The molecule has 0 radical (unpaired) electrons. The van der Waals surface area contributed by atoms with Crippen LogP contribution in [-0.4, -0.2) is 35.4 Å². The smallest absolute Gasteiger partial charge is 0.261 e. The molecule has 0 bridgehead atoms. The Morgan fingerprint density at radius 2 is 1.61 bits per heavy atom. The summed E-state index contributed by atoms with van der Waals surface area (Å²) in [7, 11) is 0. The lowest BCUT2D eigenvalue weighted by Gasteiger charge is -2.32. The van der Waals surface area contributed by atoms with Gasteiger partial charge in [0.1, 0.15) is 11.8 Å². The van der Waals surface area contributed by atoms with Crippen LogP contribution in [0.15, 0.2) is 71.2 Å². The third-order valence-electron chi connectivity index (χ3n) is 6.07. The largest absolute Gasteiger partial charge is 0.483 e. The van der Waals surface area contributed by atoms with Crippen LogP contribution in [-0.2, 0) is 22.6 Å². The number of benzene rings is 3. The Hall–Kier alpha value is -2.54. The SMILES string of the molecule is CC(C)NC(=O)[C@@H](Cc1ccccc1)N(Cc1c(Cl)cccc1Cl)C(=O)COc1ccc(C(C)C)cc1Br. The number of ether oxygens (including phenoxy) is 1. The van der Waals surface area contributed by atoms with E-state index in [2.05, 4.69) is 35.1 Å². The van der Waals surface area contributed by atoms with Crippen LogP contribution in [0.4, 0.5) is 0 Å². The second-order valence-electron chi connectivity index (χ2n) is 9.72. The van der Waals surface area contributed by atoms with E-state index in [1.54, 1.807) is 18.2 Å². The molecule has 1 atom stereocenters. The quantitative estimate of drug-likeness (QED) is 0.243.